The summed E-state index contributed by atoms with van der Waals surface area (Å²) >= 11 is 0. The molecule has 0 atom stereocenters. The summed E-state index contributed by atoms with van der Waals surface area (Å²) in [6.07, 6.45) is 6.09. The molecule has 3 aromatic rings. The summed E-state index contributed by atoms with van der Waals surface area (Å²) in [5, 5.41) is 11.4. The van der Waals surface area contributed by atoms with E-state index < -0.39 is 0 Å². The van der Waals surface area contributed by atoms with Gasteiger partial charge in [0.15, 0.2) is 0 Å². The quantitative estimate of drug-likeness (QED) is 0.661. The van der Waals surface area contributed by atoms with Crippen LogP contribution in [0.2, 0.25) is 0 Å². The van der Waals surface area contributed by atoms with Crippen LogP contribution >= 0.6 is 0 Å². The smallest absolute Gasteiger partial charge is 0.119 e. The topological polar surface area (TPSA) is 35.0 Å². The first-order valence-corrected chi connectivity index (χ1v) is 9.10. The number of aromatic nitrogens is 2. The van der Waals surface area contributed by atoms with Crippen molar-refractivity contribution in [2.24, 2.45) is 0 Å². The number of benzene rings is 2. The molecule has 3 heteroatoms. The molecule has 0 spiro atoms. The lowest BCUT2D eigenvalue weighted by Gasteiger charge is -2.37. The lowest BCUT2D eigenvalue weighted by Crippen LogP contribution is -2.31. The molecule has 1 aromatic heterocycles. The molecular weight excluding hydrogens is 308 g/mol. The maximum absolute atomic E-state index is 5.35. The molecule has 0 saturated heterocycles. The summed E-state index contributed by atoms with van der Waals surface area (Å²) in [4.78, 5) is 0. The fourth-order valence-corrected chi connectivity index (χ4v) is 4.15. The van der Waals surface area contributed by atoms with Crippen LogP contribution in [-0.4, -0.2) is 17.3 Å². The summed E-state index contributed by atoms with van der Waals surface area (Å²) in [7, 11) is 1.71. The van der Waals surface area contributed by atoms with E-state index in [1.807, 2.05) is 13.0 Å². The first kappa shape index (κ1) is 16.1. The highest BCUT2D eigenvalue weighted by Gasteiger charge is 2.37. The number of ether oxygens (including phenoxy) is 1. The van der Waals surface area contributed by atoms with Crippen LogP contribution in [0.5, 0.6) is 5.75 Å². The molecule has 1 aliphatic carbocycles. The second-order valence-electron chi connectivity index (χ2n) is 7.13. The Morgan fingerprint density at radius 2 is 1.60 bits per heavy atom. The van der Waals surface area contributed by atoms with E-state index in [4.69, 9.17) is 4.74 Å². The predicted molar refractivity (Wildman–Crippen MR) is 101 cm³/mol. The average Bonchev–Trinajstić information content (AvgIpc) is 2.68. The number of nitrogens with zero attached hydrogens (tertiary/aromatic N) is 2. The molecule has 1 fully saturated rings. The molecule has 1 aliphatic rings. The minimum Gasteiger partial charge on any atom is -0.497 e. The Hall–Kier alpha value is -2.42. The van der Waals surface area contributed by atoms with Crippen molar-refractivity contribution in [2.75, 3.05) is 7.11 Å². The van der Waals surface area contributed by atoms with Crippen molar-refractivity contribution in [2.45, 2.75) is 44.4 Å². The van der Waals surface area contributed by atoms with Crippen molar-refractivity contribution in [3.63, 3.8) is 0 Å². The van der Waals surface area contributed by atoms with Gasteiger partial charge in [-0.05, 0) is 60.4 Å². The van der Waals surface area contributed by atoms with E-state index in [-0.39, 0.29) is 5.41 Å². The summed E-state index contributed by atoms with van der Waals surface area (Å²) in [5.41, 5.74) is 3.45. The number of hydrogen-bond donors (Lipinski definition) is 0. The Labute approximate surface area is 149 Å². The van der Waals surface area contributed by atoms with E-state index >= 15 is 0 Å². The van der Waals surface area contributed by atoms with Gasteiger partial charge in [-0.1, -0.05) is 43.5 Å². The van der Waals surface area contributed by atoms with Crippen LogP contribution in [0.3, 0.4) is 0 Å². The first-order valence-electron chi connectivity index (χ1n) is 9.10. The Kier molecular flexibility index (Phi) is 4.16. The van der Waals surface area contributed by atoms with Crippen molar-refractivity contribution < 1.29 is 4.74 Å². The number of fused-ring (bicyclic) bond motifs is 1. The van der Waals surface area contributed by atoms with E-state index in [1.165, 1.54) is 35.6 Å². The largest absolute Gasteiger partial charge is 0.497 e. The van der Waals surface area contributed by atoms with Gasteiger partial charge in [0, 0.05) is 5.41 Å². The SMILES string of the molecule is COc1ccc2cc(C3(c4ccc(C)nn4)CCCCC3)ccc2c1. The van der Waals surface area contributed by atoms with Gasteiger partial charge in [-0.15, -0.1) is 0 Å². The third-order valence-corrected chi connectivity index (χ3v) is 5.60. The van der Waals surface area contributed by atoms with Crippen LogP contribution < -0.4 is 4.74 Å². The molecule has 0 amide bonds. The van der Waals surface area contributed by atoms with E-state index in [0.29, 0.717) is 0 Å². The highest BCUT2D eigenvalue weighted by Crippen LogP contribution is 2.44. The van der Waals surface area contributed by atoms with Gasteiger partial charge in [-0.2, -0.15) is 10.2 Å². The van der Waals surface area contributed by atoms with Gasteiger partial charge < -0.3 is 4.74 Å². The Bertz CT molecular complexity index is 880. The fraction of sp³-hybridized carbons (Fsp3) is 0.364. The van der Waals surface area contributed by atoms with E-state index in [0.717, 1.165) is 30.0 Å². The van der Waals surface area contributed by atoms with E-state index in [1.54, 1.807) is 7.11 Å². The van der Waals surface area contributed by atoms with E-state index in [2.05, 4.69) is 52.7 Å². The fourth-order valence-electron chi connectivity index (χ4n) is 4.15. The van der Waals surface area contributed by atoms with Gasteiger partial charge in [-0.25, -0.2) is 0 Å². The minimum absolute atomic E-state index is 0.00688. The van der Waals surface area contributed by atoms with Crippen molar-refractivity contribution in [1.82, 2.24) is 10.2 Å². The Morgan fingerprint density at radius 3 is 2.32 bits per heavy atom. The molecule has 0 unspecified atom stereocenters. The number of methoxy groups -OCH3 is 1. The number of hydrogen-bond acceptors (Lipinski definition) is 3. The number of aryl methyl sites for hydroxylation is 1. The zero-order chi connectivity index (χ0) is 17.3. The van der Waals surface area contributed by atoms with Gasteiger partial charge in [0.2, 0.25) is 0 Å². The monoisotopic (exact) mass is 332 g/mol. The molecule has 25 heavy (non-hydrogen) atoms. The van der Waals surface area contributed by atoms with Gasteiger partial charge >= 0.3 is 0 Å². The van der Waals surface area contributed by atoms with Gasteiger partial charge in [0.25, 0.3) is 0 Å². The predicted octanol–water partition coefficient (Wildman–Crippen LogP) is 5.20. The molecule has 1 heterocycles. The third kappa shape index (κ3) is 2.88. The van der Waals surface area contributed by atoms with Crippen LogP contribution in [0.25, 0.3) is 10.8 Å². The molecular formula is C22H24N2O. The van der Waals surface area contributed by atoms with Crippen LogP contribution in [0.15, 0.2) is 48.5 Å². The molecule has 0 radical (unpaired) electrons. The Balaban J connectivity index is 1.84. The van der Waals surface area contributed by atoms with Crippen LogP contribution in [-0.2, 0) is 5.41 Å². The maximum atomic E-state index is 5.35. The minimum atomic E-state index is -0.00688. The molecule has 0 bridgehead atoms. The highest BCUT2D eigenvalue weighted by molar-refractivity contribution is 5.85. The molecule has 128 valence electrons. The van der Waals surface area contributed by atoms with Crippen LogP contribution in [0, 0.1) is 6.92 Å². The Morgan fingerprint density at radius 1 is 0.840 bits per heavy atom. The zero-order valence-electron chi connectivity index (χ0n) is 15.0. The molecule has 0 N–H and O–H groups in total. The summed E-state index contributed by atoms with van der Waals surface area (Å²) in [6.45, 7) is 1.99. The maximum Gasteiger partial charge on any atom is 0.119 e. The normalized spacial score (nSPS) is 16.7. The lowest BCUT2D eigenvalue weighted by atomic mass is 9.67. The van der Waals surface area contributed by atoms with Crippen molar-refractivity contribution in [3.8, 4) is 5.75 Å². The second kappa shape index (κ2) is 6.47. The molecule has 2 aromatic carbocycles. The first-order chi connectivity index (χ1) is 12.2. The summed E-state index contributed by atoms with van der Waals surface area (Å²) in [6, 6.07) is 17.4. The lowest BCUT2D eigenvalue weighted by molar-refractivity contribution is 0.336. The molecule has 0 aliphatic heterocycles. The average molecular weight is 332 g/mol. The van der Waals surface area contributed by atoms with Crippen molar-refractivity contribution in [3.05, 3.63) is 65.5 Å². The molecule has 3 nitrogen and oxygen atoms in total. The van der Waals surface area contributed by atoms with Crippen LogP contribution in [0.1, 0.15) is 49.1 Å². The third-order valence-electron chi connectivity index (χ3n) is 5.60. The van der Waals surface area contributed by atoms with Gasteiger partial charge in [0.05, 0.1) is 18.5 Å². The van der Waals surface area contributed by atoms with Crippen molar-refractivity contribution in [1.29, 1.82) is 0 Å². The van der Waals surface area contributed by atoms with Crippen LogP contribution in [0.4, 0.5) is 0 Å². The molecule has 4 rings (SSSR count). The van der Waals surface area contributed by atoms with E-state index in [9.17, 15) is 0 Å². The zero-order valence-corrected chi connectivity index (χ0v) is 15.0. The van der Waals surface area contributed by atoms with Gasteiger partial charge in [0.1, 0.15) is 5.75 Å². The standard InChI is InChI=1S/C22H24N2O/c1-16-6-11-21(24-23-16)22(12-4-3-5-13-22)19-9-7-18-15-20(25-2)10-8-17(18)14-19/h6-11,14-15H,3-5,12-13H2,1-2H3. The summed E-state index contributed by atoms with van der Waals surface area (Å²) < 4.78 is 5.35. The van der Waals surface area contributed by atoms with Crippen molar-refractivity contribution >= 4 is 10.8 Å². The summed E-state index contributed by atoms with van der Waals surface area (Å²) in [5.74, 6) is 0.900. The van der Waals surface area contributed by atoms with Gasteiger partial charge in [-0.3, -0.25) is 0 Å². The number of rotatable bonds is 3. The highest BCUT2D eigenvalue weighted by atomic mass is 16.5. The molecule has 1 saturated carbocycles. The second-order valence-corrected chi connectivity index (χ2v) is 7.13.